The summed E-state index contributed by atoms with van der Waals surface area (Å²) in [5.74, 6) is 4.97. The third-order valence-corrected chi connectivity index (χ3v) is 11.7. The van der Waals surface area contributed by atoms with Crippen molar-refractivity contribution in [3.63, 3.8) is 0 Å². The van der Waals surface area contributed by atoms with E-state index in [1.807, 2.05) is 30.3 Å². The number of fused-ring (bicyclic) bond motifs is 5. The van der Waals surface area contributed by atoms with E-state index in [1.54, 1.807) is 18.6 Å². The van der Waals surface area contributed by atoms with Crippen molar-refractivity contribution in [2.75, 3.05) is 39.6 Å². The smallest absolute Gasteiger partial charge is 0.112 e. The van der Waals surface area contributed by atoms with Crippen LogP contribution in [-0.4, -0.2) is 45.7 Å². The van der Waals surface area contributed by atoms with Gasteiger partial charge in [0.2, 0.25) is 0 Å². The Labute approximate surface area is 340 Å². The zero-order chi connectivity index (χ0) is 40.7. The molecule has 2 bridgehead atoms. The van der Waals surface area contributed by atoms with Gasteiger partial charge in [-0.3, -0.25) is 0 Å². The van der Waals surface area contributed by atoms with Crippen LogP contribution in [0.15, 0.2) is 132 Å². The minimum Gasteiger partial charge on any atom is -0.502 e. The zero-order valence-electron chi connectivity index (χ0n) is 34.7. The van der Waals surface area contributed by atoms with Gasteiger partial charge in [0.05, 0.1) is 70.6 Å². The maximum Gasteiger partial charge on any atom is 0.112 e. The summed E-state index contributed by atoms with van der Waals surface area (Å²) in [6.07, 6.45) is 30.4. The molecule has 1 aromatic rings. The summed E-state index contributed by atoms with van der Waals surface area (Å²) < 4.78 is 35.9. The first-order valence-electron chi connectivity index (χ1n) is 20.7. The predicted octanol–water partition coefficient (Wildman–Crippen LogP) is 12.3. The molecule has 0 N–H and O–H groups in total. The molecule has 5 atom stereocenters. The van der Waals surface area contributed by atoms with Gasteiger partial charge in [0.1, 0.15) is 19.3 Å². The molecule has 0 heterocycles. The van der Waals surface area contributed by atoms with E-state index in [2.05, 4.69) is 65.1 Å². The van der Waals surface area contributed by atoms with Crippen LogP contribution in [0.1, 0.15) is 83.1 Å². The first kappa shape index (κ1) is 48.0. The number of hydrogen-bond acceptors (Lipinski definition) is 7. The lowest BCUT2D eigenvalue weighted by molar-refractivity contribution is 0.0321. The van der Waals surface area contributed by atoms with Crippen molar-refractivity contribution in [3.05, 3.63) is 138 Å². The van der Waals surface area contributed by atoms with Crippen LogP contribution in [0, 0.1) is 40.9 Å². The second-order valence-electron chi connectivity index (χ2n) is 15.1. The van der Waals surface area contributed by atoms with Gasteiger partial charge in [0, 0.05) is 11.3 Å². The first-order chi connectivity index (χ1) is 27.4. The van der Waals surface area contributed by atoms with Crippen molar-refractivity contribution in [1.82, 2.24) is 0 Å². The molecule has 5 aliphatic rings. The molecule has 4 fully saturated rings. The van der Waals surface area contributed by atoms with E-state index < -0.39 is 0 Å². The highest BCUT2D eigenvalue weighted by Crippen LogP contribution is 2.57. The molecule has 0 amide bonds. The lowest BCUT2D eigenvalue weighted by atomic mass is 9.68. The highest BCUT2D eigenvalue weighted by molar-refractivity contribution is 5.15. The Morgan fingerprint density at radius 2 is 1.32 bits per heavy atom. The highest BCUT2D eigenvalue weighted by atomic mass is 16.5. The average Bonchev–Trinajstić information content (AvgIpc) is 3.96. The Kier molecular flexibility index (Phi) is 25.8. The third-order valence-electron chi connectivity index (χ3n) is 11.7. The van der Waals surface area contributed by atoms with Crippen LogP contribution in [0.4, 0.5) is 0 Å². The molecule has 0 saturated heterocycles. The summed E-state index contributed by atoms with van der Waals surface area (Å²) in [6, 6.07) is 9.99. The predicted molar refractivity (Wildman–Crippen MR) is 231 cm³/mol. The highest BCUT2D eigenvalue weighted by Gasteiger charge is 2.53. The average molecular weight is 775 g/mol. The fraction of sp³-hybridized carbons (Fsp3) is 0.551. The molecule has 7 nitrogen and oxygen atoms in total. The Bertz CT molecular complexity index is 1210. The van der Waals surface area contributed by atoms with E-state index in [0.29, 0.717) is 49.8 Å². The summed E-state index contributed by atoms with van der Waals surface area (Å²) in [7, 11) is 0. The van der Waals surface area contributed by atoms with Crippen LogP contribution in [0.3, 0.4) is 0 Å². The molecule has 0 aromatic heterocycles. The SMILES string of the molecule is C=CCOCCOC=C.C=COC1CC2CC1C1C=CCC21.C=COCC1(CC)CCC1.C=COCC1CCC(COC=C)CC1.C=COCc1ccccc1. The summed E-state index contributed by atoms with van der Waals surface area (Å²) in [5, 5.41) is 0. The number of hydrogen-bond donors (Lipinski definition) is 0. The number of rotatable bonds is 21. The van der Waals surface area contributed by atoms with Gasteiger partial charge in [-0.15, -0.1) is 6.58 Å². The Balaban J connectivity index is 0.000000245. The second-order valence-corrected chi connectivity index (χ2v) is 15.1. The molecule has 6 rings (SSSR count). The van der Waals surface area contributed by atoms with Crippen LogP contribution in [0.2, 0.25) is 0 Å². The minimum absolute atomic E-state index is 0.478. The Hall–Kier alpha value is -4.10. The normalized spacial score (nSPS) is 25.2. The van der Waals surface area contributed by atoms with E-state index in [9.17, 15) is 0 Å². The molecule has 5 unspecified atom stereocenters. The van der Waals surface area contributed by atoms with E-state index >= 15 is 0 Å². The van der Waals surface area contributed by atoms with Gasteiger partial charge >= 0.3 is 0 Å². The van der Waals surface area contributed by atoms with Crippen molar-refractivity contribution in [3.8, 4) is 0 Å². The van der Waals surface area contributed by atoms with Crippen LogP contribution in [0.25, 0.3) is 0 Å². The fourth-order valence-corrected chi connectivity index (χ4v) is 8.34. The maximum absolute atomic E-state index is 5.57. The topological polar surface area (TPSA) is 64.6 Å². The van der Waals surface area contributed by atoms with Crippen LogP contribution < -0.4 is 0 Å². The number of benzene rings is 1. The van der Waals surface area contributed by atoms with Crippen LogP contribution >= 0.6 is 0 Å². The molecular formula is C49H74O7. The van der Waals surface area contributed by atoms with Gasteiger partial charge in [0.25, 0.3) is 0 Å². The first-order valence-corrected chi connectivity index (χ1v) is 20.7. The van der Waals surface area contributed by atoms with Gasteiger partial charge < -0.3 is 33.2 Å². The molecule has 56 heavy (non-hydrogen) atoms. The largest absolute Gasteiger partial charge is 0.502 e. The van der Waals surface area contributed by atoms with Gasteiger partial charge in [0.15, 0.2) is 0 Å². The van der Waals surface area contributed by atoms with Crippen LogP contribution in [0.5, 0.6) is 0 Å². The fourth-order valence-electron chi connectivity index (χ4n) is 8.34. The maximum atomic E-state index is 5.57. The monoisotopic (exact) mass is 775 g/mol. The van der Waals surface area contributed by atoms with Gasteiger partial charge in [-0.1, -0.05) is 101 Å². The molecule has 0 radical (unpaired) electrons. The summed E-state index contributed by atoms with van der Waals surface area (Å²) in [6.45, 7) is 31.8. The molecule has 5 aliphatic carbocycles. The second kappa shape index (κ2) is 30.1. The van der Waals surface area contributed by atoms with Crippen molar-refractivity contribution < 1.29 is 33.2 Å². The Morgan fingerprint density at radius 1 is 0.696 bits per heavy atom. The standard InChI is InChI=1S/C12H20O2.C12H16O.C9H16O.C9H10O.C7H12O2/c1-3-13-9-11-5-7-12(8-6-11)10-14-4-2;1-2-13-12-7-8-6-11(12)10-5-3-4-9(8)10;1-3-9(6-5-7-9)8-10-4-2;1-2-10-8-9-6-4-3-5-7-9;1-3-5-9-7-6-8-4-2/h3-4,11-12H,1-2,5-10H2;2-3,5,8-12H,1,4,6-7H2;4H,2-3,5-8H2,1H3;2-7H,1,8H2;3-4H,1-2,5-7H2. The molecular weight excluding hydrogens is 701 g/mol. The summed E-state index contributed by atoms with van der Waals surface area (Å²) in [4.78, 5) is 0. The van der Waals surface area contributed by atoms with E-state index in [4.69, 9.17) is 33.2 Å². The van der Waals surface area contributed by atoms with Crippen LogP contribution in [-0.2, 0) is 39.8 Å². The third kappa shape index (κ3) is 18.2. The Morgan fingerprint density at radius 3 is 1.84 bits per heavy atom. The lowest BCUT2D eigenvalue weighted by Crippen LogP contribution is -2.32. The molecule has 1 aromatic carbocycles. The molecule has 7 heteroatoms. The summed E-state index contributed by atoms with van der Waals surface area (Å²) >= 11 is 0. The molecule has 0 aliphatic heterocycles. The lowest BCUT2D eigenvalue weighted by Gasteiger charge is -2.40. The number of allylic oxidation sites excluding steroid dienone is 2. The minimum atomic E-state index is 0.478. The van der Waals surface area contributed by atoms with Crippen molar-refractivity contribution >= 4 is 0 Å². The van der Waals surface area contributed by atoms with Crippen molar-refractivity contribution in [2.45, 2.75) is 90.3 Å². The van der Waals surface area contributed by atoms with E-state index in [1.165, 1.54) is 101 Å². The molecule has 312 valence electrons. The zero-order valence-corrected chi connectivity index (χ0v) is 34.7. The van der Waals surface area contributed by atoms with E-state index in [0.717, 1.165) is 43.5 Å². The van der Waals surface area contributed by atoms with Crippen molar-refractivity contribution in [1.29, 1.82) is 0 Å². The van der Waals surface area contributed by atoms with Gasteiger partial charge in [-0.2, -0.15) is 0 Å². The van der Waals surface area contributed by atoms with Crippen molar-refractivity contribution in [2.24, 2.45) is 40.9 Å². The van der Waals surface area contributed by atoms with Gasteiger partial charge in [-0.05, 0) is 99.4 Å². The van der Waals surface area contributed by atoms with E-state index in [-0.39, 0.29) is 0 Å². The molecule has 0 spiro atoms. The molecule has 4 saturated carbocycles. The van der Waals surface area contributed by atoms with Gasteiger partial charge in [-0.25, -0.2) is 0 Å². The summed E-state index contributed by atoms with van der Waals surface area (Å²) in [5.41, 5.74) is 1.69. The number of ether oxygens (including phenoxy) is 7. The quantitative estimate of drug-likeness (QED) is 0.0700.